The Balaban J connectivity index is 1.98. The summed E-state index contributed by atoms with van der Waals surface area (Å²) in [4.78, 5) is 25.5. The summed E-state index contributed by atoms with van der Waals surface area (Å²) in [5, 5.41) is 2.91. The van der Waals surface area contributed by atoms with E-state index in [9.17, 15) is 9.59 Å². The SMILES string of the molecule is COC(=O)C1CN(C2CCCCNC2=O)CCO1. The molecule has 0 aromatic carbocycles. The van der Waals surface area contributed by atoms with Crippen molar-refractivity contribution in [1.82, 2.24) is 10.2 Å². The van der Waals surface area contributed by atoms with Gasteiger partial charge < -0.3 is 14.8 Å². The van der Waals surface area contributed by atoms with Crippen molar-refractivity contribution in [2.75, 3.05) is 33.4 Å². The van der Waals surface area contributed by atoms with Gasteiger partial charge in [0.1, 0.15) is 0 Å². The number of rotatable bonds is 2. The van der Waals surface area contributed by atoms with Crippen LogP contribution in [0.4, 0.5) is 0 Å². The van der Waals surface area contributed by atoms with Gasteiger partial charge in [0.2, 0.25) is 5.91 Å². The highest BCUT2D eigenvalue weighted by molar-refractivity contribution is 5.82. The first kappa shape index (κ1) is 13.3. The van der Waals surface area contributed by atoms with Gasteiger partial charge in [0.15, 0.2) is 6.10 Å². The quantitative estimate of drug-likeness (QED) is 0.676. The summed E-state index contributed by atoms with van der Waals surface area (Å²) in [6, 6.07) is -0.136. The molecule has 2 fully saturated rings. The van der Waals surface area contributed by atoms with Gasteiger partial charge in [0.25, 0.3) is 0 Å². The normalized spacial score (nSPS) is 30.4. The third kappa shape index (κ3) is 3.00. The van der Waals surface area contributed by atoms with E-state index in [1.807, 2.05) is 4.90 Å². The number of nitrogens with one attached hydrogen (secondary N) is 1. The number of nitrogens with zero attached hydrogens (tertiary/aromatic N) is 1. The molecule has 0 saturated carbocycles. The molecule has 0 bridgehead atoms. The molecule has 2 saturated heterocycles. The number of hydrogen-bond acceptors (Lipinski definition) is 5. The number of carbonyl (C=O) groups excluding carboxylic acids is 2. The van der Waals surface area contributed by atoms with Crippen LogP contribution in [0.25, 0.3) is 0 Å². The number of ether oxygens (including phenoxy) is 2. The largest absolute Gasteiger partial charge is 0.467 e. The zero-order valence-corrected chi connectivity index (χ0v) is 10.7. The van der Waals surface area contributed by atoms with E-state index in [2.05, 4.69) is 10.1 Å². The average Bonchev–Trinajstić information content (AvgIpc) is 2.62. The van der Waals surface area contributed by atoms with Gasteiger partial charge in [0, 0.05) is 19.6 Å². The lowest BCUT2D eigenvalue weighted by Gasteiger charge is -2.35. The molecule has 6 nitrogen and oxygen atoms in total. The Hall–Kier alpha value is -1.14. The molecule has 102 valence electrons. The molecular formula is C12H20N2O4. The van der Waals surface area contributed by atoms with Crippen LogP contribution in [0, 0.1) is 0 Å². The van der Waals surface area contributed by atoms with E-state index in [4.69, 9.17) is 4.74 Å². The minimum Gasteiger partial charge on any atom is -0.467 e. The number of morpholine rings is 1. The first-order valence-electron chi connectivity index (χ1n) is 6.43. The number of amides is 1. The molecule has 0 spiro atoms. The van der Waals surface area contributed by atoms with Crippen LogP contribution in [0.15, 0.2) is 0 Å². The summed E-state index contributed by atoms with van der Waals surface area (Å²) in [5.41, 5.74) is 0. The van der Waals surface area contributed by atoms with E-state index in [-0.39, 0.29) is 17.9 Å². The van der Waals surface area contributed by atoms with E-state index < -0.39 is 6.10 Å². The Bertz CT molecular complexity index is 321. The number of methoxy groups -OCH3 is 1. The fourth-order valence-corrected chi connectivity index (χ4v) is 2.50. The Labute approximate surface area is 107 Å². The van der Waals surface area contributed by atoms with Crippen LogP contribution in [0.5, 0.6) is 0 Å². The summed E-state index contributed by atoms with van der Waals surface area (Å²) in [6.07, 6.45) is 2.33. The maximum Gasteiger partial charge on any atom is 0.336 e. The summed E-state index contributed by atoms with van der Waals surface area (Å²) in [5.74, 6) is -0.299. The van der Waals surface area contributed by atoms with Gasteiger partial charge in [-0.25, -0.2) is 4.79 Å². The van der Waals surface area contributed by atoms with Crippen LogP contribution in [-0.4, -0.2) is 62.3 Å². The molecule has 2 aliphatic rings. The lowest BCUT2D eigenvalue weighted by molar-refractivity contribution is -0.162. The zero-order chi connectivity index (χ0) is 13.0. The van der Waals surface area contributed by atoms with Crippen LogP contribution in [-0.2, 0) is 19.1 Å². The highest BCUT2D eigenvalue weighted by Crippen LogP contribution is 2.16. The topological polar surface area (TPSA) is 67.9 Å². The van der Waals surface area contributed by atoms with Gasteiger partial charge in [-0.1, -0.05) is 0 Å². The minimum atomic E-state index is -0.570. The van der Waals surface area contributed by atoms with Crippen LogP contribution >= 0.6 is 0 Å². The van der Waals surface area contributed by atoms with Crippen LogP contribution in [0.2, 0.25) is 0 Å². The Morgan fingerprint density at radius 3 is 3.11 bits per heavy atom. The number of carbonyl (C=O) groups is 2. The summed E-state index contributed by atoms with van der Waals surface area (Å²) in [7, 11) is 1.35. The zero-order valence-electron chi connectivity index (χ0n) is 10.7. The molecule has 2 rings (SSSR count). The van der Waals surface area contributed by atoms with E-state index in [0.717, 1.165) is 25.8 Å². The van der Waals surface area contributed by atoms with Crippen LogP contribution in [0.3, 0.4) is 0 Å². The number of hydrogen-bond donors (Lipinski definition) is 1. The molecule has 6 heteroatoms. The van der Waals surface area contributed by atoms with Crippen LogP contribution < -0.4 is 5.32 Å². The summed E-state index contributed by atoms with van der Waals surface area (Å²) < 4.78 is 10.1. The highest BCUT2D eigenvalue weighted by Gasteiger charge is 2.34. The lowest BCUT2D eigenvalue weighted by Crippen LogP contribution is -2.54. The minimum absolute atomic E-state index is 0.0676. The monoisotopic (exact) mass is 256 g/mol. The van der Waals surface area contributed by atoms with E-state index >= 15 is 0 Å². The summed E-state index contributed by atoms with van der Waals surface area (Å²) in [6.45, 7) is 2.33. The van der Waals surface area contributed by atoms with Gasteiger partial charge in [-0.05, 0) is 19.3 Å². The van der Waals surface area contributed by atoms with Gasteiger partial charge in [-0.3, -0.25) is 9.69 Å². The average molecular weight is 256 g/mol. The molecule has 2 aliphatic heterocycles. The predicted molar refractivity (Wildman–Crippen MR) is 64.0 cm³/mol. The third-order valence-corrected chi connectivity index (χ3v) is 3.51. The highest BCUT2D eigenvalue weighted by atomic mass is 16.6. The maximum atomic E-state index is 11.9. The lowest BCUT2D eigenvalue weighted by atomic mass is 10.1. The van der Waals surface area contributed by atoms with Gasteiger partial charge in [-0.15, -0.1) is 0 Å². The molecule has 2 heterocycles. The second kappa shape index (κ2) is 6.15. The van der Waals surface area contributed by atoms with Crippen LogP contribution in [0.1, 0.15) is 19.3 Å². The molecule has 0 aromatic heterocycles. The van der Waals surface area contributed by atoms with Gasteiger partial charge in [-0.2, -0.15) is 0 Å². The molecule has 2 unspecified atom stereocenters. The third-order valence-electron chi connectivity index (χ3n) is 3.51. The molecule has 0 aliphatic carbocycles. The molecule has 2 atom stereocenters. The fourth-order valence-electron chi connectivity index (χ4n) is 2.50. The Kier molecular flexibility index (Phi) is 4.54. The summed E-state index contributed by atoms with van der Waals surface area (Å²) >= 11 is 0. The first-order valence-corrected chi connectivity index (χ1v) is 6.43. The van der Waals surface area contributed by atoms with Crippen molar-refractivity contribution < 1.29 is 19.1 Å². The number of esters is 1. The van der Waals surface area contributed by atoms with Crippen molar-refractivity contribution in [2.24, 2.45) is 0 Å². The molecule has 1 N–H and O–H groups in total. The van der Waals surface area contributed by atoms with Gasteiger partial charge in [0.05, 0.1) is 19.8 Å². The second-order valence-electron chi connectivity index (χ2n) is 4.68. The standard InChI is InChI=1S/C12H20N2O4/c1-17-12(16)10-8-14(6-7-18-10)9-4-2-3-5-13-11(9)15/h9-10H,2-8H2,1H3,(H,13,15). The molecular weight excluding hydrogens is 236 g/mol. The first-order chi connectivity index (χ1) is 8.72. The van der Waals surface area contributed by atoms with Crippen molar-refractivity contribution in [2.45, 2.75) is 31.4 Å². The van der Waals surface area contributed by atoms with Gasteiger partial charge >= 0.3 is 5.97 Å². The van der Waals surface area contributed by atoms with E-state index in [0.29, 0.717) is 19.7 Å². The Morgan fingerprint density at radius 1 is 1.50 bits per heavy atom. The van der Waals surface area contributed by atoms with Crippen molar-refractivity contribution in [1.29, 1.82) is 0 Å². The molecule has 0 aromatic rings. The molecule has 1 amide bonds. The van der Waals surface area contributed by atoms with E-state index in [1.54, 1.807) is 0 Å². The smallest absolute Gasteiger partial charge is 0.336 e. The second-order valence-corrected chi connectivity index (χ2v) is 4.68. The van der Waals surface area contributed by atoms with Crippen molar-refractivity contribution in [3.63, 3.8) is 0 Å². The maximum absolute atomic E-state index is 11.9. The fraction of sp³-hybridized carbons (Fsp3) is 0.833. The van der Waals surface area contributed by atoms with Crippen molar-refractivity contribution in [3.05, 3.63) is 0 Å². The van der Waals surface area contributed by atoms with E-state index in [1.165, 1.54) is 7.11 Å². The predicted octanol–water partition coefficient (Wildman–Crippen LogP) is -0.471. The van der Waals surface area contributed by atoms with Crippen molar-refractivity contribution >= 4 is 11.9 Å². The van der Waals surface area contributed by atoms with Crippen molar-refractivity contribution in [3.8, 4) is 0 Å². The molecule has 18 heavy (non-hydrogen) atoms. The Morgan fingerprint density at radius 2 is 2.33 bits per heavy atom. The molecule has 0 radical (unpaired) electrons.